The quantitative estimate of drug-likeness (QED) is 0.942. The van der Waals surface area contributed by atoms with Crippen LogP contribution < -0.4 is 5.32 Å². The van der Waals surface area contributed by atoms with Gasteiger partial charge < -0.3 is 9.84 Å². The van der Waals surface area contributed by atoms with Gasteiger partial charge in [-0.2, -0.15) is 0 Å². The molecule has 1 aromatic carbocycles. The Hall–Kier alpha value is -2.14. The summed E-state index contributed by atoms with van der Waals surface area (Å²) in [6.07, 6.45) is 1.42. The van der Waals surface area contributed by atoms with E-state index in [1.807, 2.05) is 6.07 Å². The van der Waals surface area contributed by atoms with Crippen molar-refractivity contribution >= 4 is 5.91 Å². The number of piperidine rings is 1. The molecule has 2 aromatic rings. The molecule has 1 amide bonds. The Morgan fingerprint density at radius 1 is 1.22 bits per heavy atom. The van der Waals surface area contributed by atoms with E-state index in [1.54, 1.807) is 6.07 Å². The van der Waals surface area contributed by atoms with Crippen LogP contribution in [0, 0.1) is 11.8 Å². The summed E-state index contributed by atoms with van der Waals surface area (Å²) >= 11 is 0. The summed E-state index contributed by atoms with van der Waals surface area (Å²) in [5.74, 6) is 0.621. The molecule has 1 aromatic heterocycles. The van der Waals surface area contributed by atoms with Crippen LogP contribution in [0.4, 0.5) is 0 Å². The minimum absolute atomic E-state index is 0.154. The molecule has 1 fully saturated rings. The molecule has 0 bridgehead atoms. The second-order valence-corrected chi connectivity index (χ2v) is 6.52. The lowest BCUT2D eigenvalue weighted by Gasteiger charge is -2.41. The van der Waals surface area contributed by atoms with Gasteiger partial charge in [-0.05, 0) is 17.4 Å². The number of carbonyl (C=O) groups is 1. The molecule has 1 aliphatic heterocycles. The molecule has 2 heterocycles. The maximum absolute atomic E-state index is 12.2. The van der Waals surface area contributed by atoms with Crippen molar-refractivity contribution in [2.24, 2.45) is 11.8 Å². The maximum Gasteiger partial charge on any atom is 0.273 e. The van der Waals surface area contributed by atoms with Gasteiger partial charge in [-0.15, -0.1) is 0 Å². The van der Waals surface area contributed by atoms with Crippen LogP contribution in [0.3, 0.4) is 0 Å². The molecule has 2 unspecified atom stereocenters. The van der Waals surface area contributed by atoms with Crippen LogP contribution in [0.25, 0.3) is 0 Å². The van der Waals surface area contributed by atoms with E-state index >= 15 is 0 Å². The minimum Gasteiger partial charge on any atom is -0.364 e. The standard InChI is InChI=1S/C18H23N3O2/c1-13-10-21(12-15-6-4-3-5-7-15)11-14(2)17(13)19-18(22)16-8-9-23-20-16/h3-9,13-14,17H,10-12H2,1-2H3,(H,19,22). The lowest BCUT2D eigenvalue weighted by molar-refractivity contribution is 0.0726. The topological polar surface area (TPSA) is 58.4 Å². The molecule has 5 nitrogen and oxygen atoms in total. The lowest BCUT2D eigenvalue weighted by Crippen LogP contribution is -2.54. The third-order valence-corrected chi connectivity index (χ3v) is 4.54. The maximum atomic E-state index is 12.2. The van der Waals surface area contributed by atoms with Crippen molar-refractivity contribution in [2.75, 3.05) is 13.1 Å². The molecular formula is C18H23N3O2. The fourth-order valence-corrected chi connectivity index (χ4v) is 3.49. The van der Waals surface area contributed by atoms with Gasteiger partial charge >= 0.3 is 0 Å². The lowest BCUT2D eigenvalue weighted by atomic mass is 9.85. The van der Waals surface area contributed by atoms with Gasteiger partial charge in [0.15, 0.2) is 5.69 Å². The van der Waals surface area contributed by atoms with Crippen LogP contribution >= 0.6 is 0 Å². The normalized spacial score (nSPS) is 25.2. The van der Waals surface area contributed by atoms with E-state index in [0.717, 1.165) is 19.6 Å². The zero-order valence-electron chi connectivity index (χ0n) is 13.6. The summed E-state index contributed by atoms with van der Waals surface area (Å²) < 4.78 is 4.74. The van der Waals surface area contributed by atoms with Gasteiger partial charge in [-0.25, -0.2) is 0 Å². The number of rotatable bonds is 4. The van der Waals surface area contributed by atoms with E-state index in [2.05, 4.69) is 53.5 Å². The van der Waals surface area contributed by atoms with Gasteiger partial charge in [0, 0.05) is 31.7 Å². The summed E-state index contributed by atoms with van der Waals surface area (Å²) in [5.41, 5.74) is 1.67. The first-order valence-corrected chi connectivity index (χ1v) is 8.11. The Kier molecular flexibility index (Phi) is 4.76. The SMILES string of the molecule is CC1CN(Cc2ccccc2)CC(C)C1NC(=O)c1ccon1. The number of hydrogen-bond donors (Lipinski definition) is 1. The largest absolute Gasteiger partial charge is 0.364 e. The zero-order chi connectivity index (χ0) is 16.2. The second kappa shape index (κ2) is 6.96. The molecule has 23 heavy (non-hydrogen) atoms. The highest BCUT2D eigenvalue weighted by molar-refractivity contribution is 5.92. The Morgan fingerprint density at radius 3 is 2.52 bits per heavy atom. The second-order valence-electron chi connectivity index (χ2n) is 6.52. The predicted octanol–water partition coefficient (Wildman–Crippen LogP) is 2.56. The average molecular weight is 313 g/mol. The summed E-state index contributed by atoms with van der Waals surface area (Å²) in [6, 6.07) is 12.3. The van der Waals surface area contributed by atoms with Crippen molar-refractivity contribution in [2.45, 2.75) is 26.4 Å². The first-order valence-electron chi connectivity index (χ1n) is 8.11. The van der Waals surface area contributed by atoms with E-state index in [-0.39, 0.29) is 11.9 Å². The Labute approximate surface area is 136 Å². The first-order chi connectivity index (χ1) is 11.1. The van der Waals surface area contributed by atoms with Gasteiger partial charge in [0.25, 0.3) is 5.91 Å². The molecule has 0 aliphatic carbocycles. The molecule has 0 radical (unpaired) electrons. The van der Waals surface area contributed by atoms with Crippen molar-refractivity contribution in [3.8, 4) is 0 Å². The highest BCUT2D eigenvalue weighted by atomic mass is 16.5. The number of aromatic nitrogens is 1. The molecule has 0 spiro atoms. The van der Waals surface area contributed by atoms with Crippen molar-refractivity contribution in [1.82, 2.24) is 15.4 Å². The predicted molar refractivity (Wildman–Crippen MR) is 87.8 cm³/mol. The number of hydrogen-bond acceptors (Lipinski definition) is 4. The fourth-order valence-electron chi connectivity index (χ4n) is 3.49. The fraction of sp³-hybridized carbons (Fsp3) is 0.444. The van der Waals surface area contributed by atoms with E-state index < -0.39 is 0 Å². The Morgan fingerprint density at radius 2 is 1.91 bits per heavy atom. The first kappa shape index (κ1) is 15.7. The van der Waals surface area contributed by atoms with E-state index in [9.17, 15) is 4.79 Å². The van der Waals surface area contributed by atoms with E-state index in [4.69, 9.17) is 4.52 Å². The van der Waals surface area contributed by atoms with Gasteiger partial charge in [0.05, 0.1) is 0 Å². The zero-order valence-corrected chi connectivity index (χ0v) is 13.6. The van der Waals surface area contributed by atoms with E-state index in [1.165, 1.54) is 11.8 Å². The summed E-state index contributed by atoms with van der Waals surface area (Å²) in [5, 5.41) is 6.82. The number of carbonyl (C=O) groups excluding carboxylic acids is 1. The number of amides is 1. The molecule has 1 saturated heterocycles. The van der Waals surface area contributed by atoms with Gasteiger partial charge in [0.1, 0.15) is 6.26 Å². The van der Waals surface area contributed by atoms with Gasteiger partial charge in [0.2, 0.25) is 0 Å². The van der Waals surface area contributed by atoms with Crippen LogP contribution in [0.1, 0.15) is 29.9 Å². The van der Waals surface area contributed by atoms with Crippen LogP contribution in [0.2, 0.25) is 0 Å². The molecular weight excluding hydrogens is 290 g/mol. The van der Waals surface area contributed by atoms with Crippen LogP contribution in [0.5, 0.6) is 0 Å². The van der Waals surface area contributed by atoms with Gasteiger partial charge in [-0.3, -0.25) is 9.69 Å². The van der Waals surface area contributed by atoms with Crippen molar-refractivity contribution in [1.29, 1.82) is 0 Å². The summed E-state index contributed by atoms with van der Waals surface area (Å²) in [4.78, 5) is 14.7. The van der Waals surface area contributed by atoms with Crippen molar-refractivity contribution < 1.29 is 9.32 Å². The third kappa shape index (κ3) is 3.79. The minimum atomic E-state index is -0.154. The van der Waals surface area contributed by atoms with Gasteiger partial charge in [-0.1, -0.05) is 49.3 Å². The number of benzene rings is 1. The van der Waals surface area contributed by atoms with E-state index in [0.29, 0.717) is 17.5 Å². The highest BCUT2D eigenvalue weighted by Gasteiger charge is 2.33. The van der Waals surface area contributed by atoms with Crippen molar-refractivity contribution in [3.63, 3.8) is 0 Å². The molecule has 3 rings (SSSR count). The average Bonchev–Trinajstić information content (AvgIpc) is 3.06. The highest BCUT2D eigenvalue weighted by Crippen LogP contribution is 2.24. The van der Waals surface area contributed by atoms with Crippen molar-refractivity contribution in [3.05, 3.63) is 53.9 Å². The van der Waals surface area contributed by atoms with Crippen LogP contribution in [-0.4, -0.2) is 35.1 Å². The molecule has 1 N–H and O–H groups in total. The van der Waals surface area contributed by atoms with Crippen LogP contribution in [-0.2, 0) is 6.54 Å². The summed E-state index contributed by atoms with van der Waals surface area (Å²) in [6.45, 7) is 7.30. The van der Waals surface area contributed by atoms with Crippen LogP contribution in [0.15, 0.2) is 47.2 Å². The molecule has 1 aliphatic rings. The monoisotopic (exact) mass is 313 g/mol. The number of nitrogens with one attached hydrogen (secondary N) is 1. The smallest absolute Gasteiger partial charge is 0.273 e. The molecule has 122 valence electrons. The number of likely N-dealkylation sites (tertiary alicyclic amines) is 1. The molecule has 5 heteroatoms. The molecule has 0 saturated carbocycles. The number of nitrogens with zero attached hydrogens (tertiary/aromatic N) is 2. The molecule has 2 atom stereocenters. The Balaban J connectivity index is 1.60. The Bertz CT molecular complexity index is 615. The third-order valence-electron chi connectivity index (χ3n) is 4.54. The summed E-state index contributed by atoms with van der Waals surface area (Å²) in [7, 11) is 0.